The molecule has 0 fully saturated rings. The zero-order valence-corrected chi connectivity index (χ0v) is 29.0. The van der Waals surface area contributed by atoms with E-state index in [1.54, 1.807) is 51.1 Å². The first-order valence-corrected chi connectivity index (χ1v) is 19.8. The SMILES string of the molecule is CCCCCCCCCC(C(=O)CC[C@@H](CO[Si](C)(C)C(C)(C)C)NC(=O)OC(C)(C)C)S(=O)(=O)c1ccccc1. The van der Waals surface area contributed by atoms with Crippen LogP contribution in [-0.4, -0.2) is 52.1 Å². The molecule has 0 bridgehead atoms. The fourth-order valence-corrected chi connectivity index (χ4v) is 7.08. The number of unbranched alkanes of at least 4 members (excludes halogenated alkanes) is 6. The predicted octanol–water partition coefficient (Wildman–Crippen LogP) is 8.23. The molecule has 0 spiro atoms. The van der Waals surface area contributed by atoms with E-state index in [1.807, 2.05) is 0 Å². The second-order valence-electron chi connectivity index (χ2n) is 13.7. The summed E-state index contributed by atoms with van der Waals surface area (Å²) in [7, 11) is -5.96. The number of hydrogen-bond acceptors (Lipinski definition) is 6. The highest BCUT2D eigenvalue weighted by Gasteiger charge is 2.38. The molecule has 0 saturated heterocycles. The molecular formula is C32H57NO6SSi. The predicted molar refractivity (Wildman–Crippen MR) is 171 cm³/mol. The molecule has 0 saturated carbocycles. The van der Waals surface area contributed by atoms with Gasteiger partial charge in [-0.2, -0.15) is 0 Å². The van der Waals surface area contributed by atoms with Gasteiger partial charge in [0.25, 0.3) is 0 Å². The van der Waals surface area contributed by atoms with Gasteiger partial charge in [0, 0.05) is 6.42 Å². The number of Topliss-reactive ketones (excluding diaryl/α,β-unsaturated/α-hetero) is 1. The maximum atomic E-state index is 13.6. The van der Waals surface area contributed by atoms with Crippen LogP contribution >= 0.6 is 0 Å². The van der Waals surface area contributed by atoms with Gasteiger partial charge in [0.15, 0.2) is 23.9 Å². The van der Waals surface area contributed by atoms with Gasteiger partial charge in [0.1, 0.15) is 10.9 Å². The van der Waals surface area contributed by atoms with E-state index in [0.29, 0.717) is 12.8 Å². The Balaban J connectivity index is 3.04. The highest BCUT2D eigenvalue weighted by atomic mass is 32.2. The molecule has 0 aliphatic rings. The lowest BCUT2D eigenvalue weighted by molar-refractivity contribution is -0.119. The van der Waals surface area contributed by atoms with E-state index in [9.17, 15) is 18.0 Å². The van der Waals surface area contributed by atoms with Gasteiger partial charge < -0.3 is 14.5 Å². The van der Waals surface area contributed by atoms with E-state index in [0.717, 1.165) is 19.3 Å². The van der Waals surface area contributed by atoms with Crippen LogP contribution in [0.2, 0.25) is 18.1 Å². The summed E-state index contributed by atoms with van der Waals surface area (Å²) in [4.78, 5) is 26.4. The van der Waals surface area contributed by atoms with Gasteiger partial charge in [-0.05, 0) is 63.9 Å². The summed E-state index contributed by atoms with van der Waals surface area (Å²) < 4.78 is 39.0. The van der Waals surface area contributed by atoms with Crippen molar-refractivity contribution in [2.45, 2.75) is 153 Å². The van der Waals surface area contributed by atoms with E-state index >= 15 is 0 Å². The van der Waals surface area contributed by atoms with Gasteiger partial charge >= 0.3 is 6.09 Å². The summed E-state index contributed by atoms with van der Waals surface area (Å²) in [5.74, 6) is -0.317. The molecule has 7 nitrogen and oxygen atoms in total. The minimum absolute atomic E-state index is 0.0224. The molecule has 1 aromatic carbocycles. The number of amides is 1. The topological polar surface area (TPSA) is 98.8 Å². The zero-order chi connectivity index (χ0) is 31.3. The molecule has 0 heterocycles. The summed E-state index contributed by atoms with van der Waals surface area (Å²) in [5.41, 5.74) is -0.670. The van der Waals surface area contributed by atoms with Crippen LogP contribution in [0.4, 0.5) is 4.79 Å². The quantitative estimate of drug-likeness (QED) is 0.133. The Kier molecular flexibility index (Phi) is 15.3. The van der Waals surface area contributed by atoms with Gasteiger partial charge in [0.05, 0.1) is 17.5 Å². The minimum atomic E-state index is -3.84. The van der Waals surface area contributed by atoms with Crippen molar-refractivity contribution in [1.29, 1.82) is 0 Å². The number of hydrogen-bond donors (Lipinski definition) is 1. The fourth-order valence-electron chi connectivity index (χ4n) is 4.22. The third kappa shape index (κ3) is 13.9. The van der Waals surface area contributed by atoms with Crippen molar-refractivity contribution in [3.8, 4) is 0 Å². The van der Waals surface area contributed by atoms with Crippen molar-refractivity contribution in [3.63, 3.8) is 0 Å². The molecule has 1 rings (SSSR count). The number of benzene rings is 1. The average molecular weight is 612 g/mol. The lowest BCUT2D eigenvalue weighted by atomic mass is 10.0. The Hall–Kier alpha value is -1.71. The van der Waals surface area contributed by atoms with E-state index in [1.165, 1.54) is 19.3 Å². The average Bonchev–Trinajstić information content (AvgIpc) is 2.85. The number of carbonyl (C=O) groups excluding carboxylic acids is 2. The van der Waals surface area contributed by atoms with Crippen LogP contribution in [0.25, 0.3) is 0 Å². The molecular weight excluding hydrogens is 555 g/mol. The first kappa shape index (κ1) is 37.3. The minimum Gasteiger partial charge on any atom is -0.444 e. The number of ketones is 1. The number of nitrogens with one attached hydrogen (secondary N) is 1. The largest absolute Gasteiger partial charge is 0.444 e. The van der Waals surface area contributed by atoms with E-state index < -0.39 is 41.1 Å². The van der Waals surface area contributed by atoms with E-state index in [-0.39, 0.29) is 35.2 Å². The molecule has 236 valence electrons. The van der Waals surface area contributed by atoms with E-state index in [4.69, 9.17) is 9.16 Å². The molecule has 0 aliphatic carbocycles. The lowest BCUT2D eigenvalue weighted by Gasteiger charge is -2.37. The van der Waals surface area contributed by atoms with E-state index in [2.05, 4.69) is 46.1 Å². The molecule has 0 aromatic heterocycles. The molecule has 0 aliphatic heterocycles. The molecule has 2 atom stereocenters. The molecule has 0 radical (unpaired) electrons. The van der Waals surface area contributed by atoms with Crippen molar-refractivity contribution < 1.29 is 27.2 Å². The number of ether oxygens (including phenoxy) is 1. The number of sulfone groups is 1. The van der Waals surface area contributed by atoms with Gasteiger partial charge in [-0.15, -0.1) is 0 Å². The molecule has 1 aromatic rings. The number of alkyl carbamates (subject to hydrolysis) is 1. The van der Waals surface area contributed by atoms with Gasteiger partial charge in [-0.3, -0.25) is 4.79 Å². The highest BCUT2D eigenvalue weighted by Crippen LogP contribution is 2.36. The Morgan fingerprint density at radius 2 is 1.44 bits per heavy atom. The van der Waals surface area contributed by atoms with Crippen molar-refractivity contribution in [2.24, 2.45) is 0 Å². The van der Waals surface area contributed by atoms with Crippen LogP contribution in [0.1, 0.15) is 113 Å². The molecule has 9 heteroatoms. The highest BCUT2D eigenvalue weighted by molar-refractivity contribution is 7.92. The molecule has 41 heavy (non-hydrogen) atoms. The van der Waals surface area contributed by atoms with Crippen LogP contribution in [-0.2, 0) is 23.8 Å². The Morgan fingerprint density at radius 1 is 0.878 bits per heavy atom. The second kappa shape index (κ2) is 16.8. The summed E-state index contributed by atoms with van der Waals surface area (Å²) in [6, 6.07) is 7.76. The summed E-state index contributed by atoms with van der Waals surface area (Å²) in [5, 5.41) is 1.74. The van der Waals surface area contributed by atoms with Crippen molar-refractivity contribution in [1.82, 2.24) is 5.32 Å². The monoisotopic (exact) mass is 611 g/mol. The first-order valence-electron chi connectivity index (χ1n) is 15.4. The first-order chi connectivity index (χ1) is 18.9. The van der Waals surface area contributed by atoms with Gasteiger partial charge in [-0.25, -0.2) is 13.2 Å². The Bertz CT molecular complexity index is 1030. The van der Waals surface area contributed by atoms with Crippen LogP contribution in [0, 0.1) is 0 Å². The van der Waals surface area contributed by atoms with Gasteiger partial charge in [0.2, 0.25) is 0 Å². The van der Waals surface area contributed by atoms with Crippen molar-refractivity contribution >= 4 is 30.0 Å². The second-order valence-corrected chi connectivity index (χ2v) is 20.6. The fraction of sp³-hybridized carbons (Fsp3) is 0.750. The smallest absolute Gasteiger partial charge is 0.407 e. The van der Waals surface area contributed by atoms with Crippen molar-refractivity contribution in [3.05, 3.63) is 30.3 Å². The molecule has 1 unspecified atom stereocenters. The maximum absolute atomic E-state index is 13.6. The summed E-state index contributed by atoms with van der Waals surface area (Å²) in [6.07, 6.45) is 7.34. The van der Waals surface area contributed by atoms with Crippen molar-refractivity contribution in [2.75, 3.05) is 6.61 Å². The Labute approximate surface area is 251 Å². The molecule has 1 N–H and O–H groups in total. The number of rotatable bonds is 18. The van der Waals surface area contributed by atoms with Crippen LogP contribution in [0.15, 0.2) is 35.2 Å². The third-order valence-corrected chi connectivity index (χ3v) is 14.5. The summed E-state index contributed by atoms with van der Waals surface area (Å²) in [6.45, 7) is 18.5. The summed E-state index contributed by atoms with van der Waals surface area (Å²) >= 11 is 0. The molecule has 1 amide bonds. The van der Waals surface area contributed by atoms with Crippen LogP contribution in [0.3, 0.4) is 0 Å². The zero-order valence-electron chi connectivity index (χ0n) is 27.2. The van der Waals surface area contributed by atoms with Crippen LogP contribution < -0.4 is 5.32 Å². The Morgan fingerprint density at radius 3 is 1.98 bits per heavy atom. The maximum Gasteiger partial charge on any atom is 0.407 e. The lowest BCUT2D eigenvalue weighted by Crippen LogP contribution is -2.47. The van der Waals surface area contributed by atoms with Crippen LogP contribution in [0.5, 0.6) is 0 Å². The third-order valence-electron chi connectivity index (χ3n) is 7.79. The number of carbonyl (C=O) groups is 2. The normalized spacial score (nSPS) is 14.4. The van der Waals surface area contributed by atoms with Gasteiger partial charge in [-0.1, -0.05) is 90.8 Å². The standard InChI is InChI=1S/C32H57NO6SSi/c1-10-11-12-13-14-15-19-22-29(40(36,37)27-20-17-16-18-21-27)28(34)24-23-26(33-30(35)39-31(2,3)4)25-38-41(8,9)32(5,6)7/h16-18,20-21,26,29H,10-15,19,22-25H2,1-9H3,(H,33,35)/t26-,29?/m0/s1.